The number of carbonyl (C=O) groups excluding carboxylic acids is 1. The number of allylic oxidation sites excluding steroid dienone is 4. The largest absolute Gasteiger partial charge is 0.393 e. The van der Waals surface area contributed by atoms with Gasteiger partial charge in [0, 0.05) is 5.41 Å². The van der Waals surface area contributed by atoms with Crippen molar-refractivity contribution in [2.45, 2.75) is 58.5 Å². The predicted molar refractivity (Wildman–Crippen MR) is 85.1 cm³/mol. The molecule has 4 fully saturated rings. The van der Waals surface area contributed by atoms with Gasteiger partial charge in [-0.2, -0.15) is 0 Å². The molecular weight excluding hydrogens is 272 g/mol. The second-order valence-corrected chi connectivity index (χ2v) is 9.09. The molecule has 7 atom stereocenters. The van der Waals surface area contributed by atoms with Gasteiger partial charge in [0.25, 0.3) is 0 Å². The first-order valence-electron chi connectivity index (χ1n) is 9.04. The van der Waals surface area contributed by atoms with Crippen LogP contribution >= 0.6 is 0 Å². The fraction of sp³-hybridized carbons (Fsp3) is 0.750. The van der Waals surface area contributed by atoms with E-state index in [1.54, 1.807) is 6.08 Å². The Bertz CT molecular complexity index is 632. The molecule has 0 aromatic heterocycles. The molecule has 0 saturated heterocycles. The first-order valence-corrected chi connectivity index (χ1v) is 9.04. The third kappa shape index (κ3) is 1.28. The summed E-state index contributed by atoms with van der Waals surface area (Å²) in [5, 5.41) is 10.6. The molecule has 0 bridgehead atoms. The number of hydrogen-bond donors (Lipinski definition) is 1. The molecule has 4 saturated carbocycles. The molecule has 0 amide bonds. The third-order valence-corrected chi connectivity index (χ3v) is 8.68. The molecule has 1 N–H and O–H groups in total. The van der Waals surface area contributed by atoms with Crippen LogP contribution in [0.3, 0.4) is 0 Å². The van der Waals surface area contributed by atoms with Crippen LogP contribution in [0, 0.1) is 34.0 Å². The number of hydrogen-bond acceptors (Lipinski definition) is 2. The highest BCUT2D eigenvalue weighted by Crippen LogP contribution is 2.82. The van der Waals surface area contributed by atoms with Crippen molar-refractivity contribution < 1.29 is 9.90 Å². The molecule has 1 spiro atoms. The molecular formula is C20H26O2. The van der Waals surface area contributed by atoms with E-state index in [1.807, 2.05) is 6.08 Å². The molecule has 0 aromatic rings. The molecule has 2 heteroatoms. The minimum Gasteiger partial charge on any atom is -0.393 e. The molecule has 118 valence electrons. The number of rotatable bonds is 0. The van der Waals surface area contributed by atoms with Gasteiger partial charge >= 0.3 is 0 Å². The summed E-state index contributed by atoms with van der Waals surface area (Å²) in [7, 11) is 0. The van der Waals surface area contributed by atoms with Gasteiger partial charge in [0.1, 0.15) is 0 Å². The van der Waals surface area contributed by atoms with Crippen LogP contribution in [-0.4, -0.2) is 17.0 Å². The summed E-state index contributed by atoms with van der Waals surface area (Å²) in [5.74, 6) is 2.35. The monoisotopic (exact) mass is 298 g/mol. The van der Waals surface area contributed by atoms with E-state index < -0.39 is 0 Å². The van der Waals surface area contributed by atoms with E-state index in [0.29, 0.717) is 11.3 Å². The van der Waals surface area contributed by atoms with E-state index in [0.717, 1.165) is 31.1 Å². The van der Waals surface area contributed by atoms with Crippen molar-refractivity contribution in [2.24, 2.45) is 34.0 Å². The number of aliphatic hydroxyl groups is 1. The lowest BCUT2D eigenvalue weighted by Gasteiger charge is -2.58. The van der Waals surface area contributed by atoms with E-state index >= 15 is 0 Å². The van der Waals surface area contributed by atoms with Crippen molar-refractivity contribution >= 4 is 5.78 Å². The lowest BCUT2D eigenvalue weighted by atomic mass is 9.46. The van der Waals surface area contributed by atoms with Crippen molar-refractivity contribution in [3.8, 4) is 0 Å². The van der Waals surface area contributed by atoms with Gasteiger partial charge in [0.05, 0.1) is 6.10 Å². The topological polar surface area (TPSA) is 37.3 Å². The minimum atomic E-state index is -0.0829. The van der Waals surface area contributed by atoms with Gasteiger partial charge in [-0.15, -0.1) is 0 Å². The average Bonchev–Trinajstić information content (AvgIpc) is 3.13. The van der Waals surface area contributed by atoms with E-state index in [2.05, 4.69) is 19.9 Å². The van der Waals surface area contributed by atoms with Crippen LogP contribution in [-0.2, 0) is 4.79 Å². The molecule has 22 heavy (non-hydrogen) atoms. The maximum atomic E-state index is 11.8. The molecule has 5 rings (SSSR count). The second-order valence-electron chi connectivity index (χ2n) is 9.09. The third-order valence-electron chi connectivity index (χ3n) is 8.68. The summed E-state index contributed by atoms with van der Waals surface area (Å²) >= 11 is 0. The SMILES string of the molecule is C[C@]12C=CC(=O)C=C1CC[C@@H]1[C@@H]2CC[C@]2(C)[C@H](O)C[C@H]3C[C@@]312. The number of ketones is 1. The van der Waals surface area contributed by atoms with E-state index in [-0.39, 0.29) is 22.7 Å². The number of carbonyl (C=O) groups is 1. The van der Waals surface area contributed by atoms with Crippen molar-refractivity contribution in [2.75, 3.05) is 0 Å². The molecule has 2 nitrogen and oxygen atoms in total. The molecule has 5 aliphatic carbocycles. The van der Waals surface area contributed by atoms with Crippen LogP contribution in [0.2, 0.25) is 0 Å². The van der Waals surface area contributed by atoms with Gasteiger partial charge in [0.2, 0.25) is 0 Å². The predicted octanol–water partition coefficient (Wildman–Crippen LogP) is 3.66. The Morgan fingerprint density at radius 3 is 2.86 bits per heavy atom. The van der Waals surface area contributed by atoms with E-state index in [9.17, 15) is 9.90 Å². The van der Waals surface area contributed by atoms with E-state index in [4.69, 9.17) is 0 Å². The zero-order valence-corrected chi connectivity index (χ0v) is 13.6. The maximum Gasteiger partial charge on any atom is 0.178 e. The number of aliphatic hydroxyl groups excluding tert-OH is 1. The van der Waals surface area contributed by atoms with Crippen molar-refractivity contribution in [3.05, 3.63) is 23.8 Å². The standard InChI is InChI=1S/C20H26O2/c1-18-7-5-14(21)9-12(18)3-4-16-15(18)6-8-19(2)17(22)10-13-11-20(13,16)19/h5,7,9,13,15-17,22H,3-4,6,8,10-11H2,1-2H3/t13-,15-,16+,17+,18-,19+,20+/m0/s1. The summed E-state index contributed by atoms with van der Waals surface area (Å²) in [5.41, 5.74) is 2.04. The Hall–Kier alpha value is -0.890. The van der Waals surface area contributed by atoms with Gasteiger partial charge < -0.3 is 5.11 Å². The zero-order valence-electron chi connectivity index (χ0n) is 13.6. The van der Waals surface area contributed by atoms with Gasteiger partial charge in [-0.1, -0.05) is 25.5 Å². The zero-order chi connectivity index (χ0) is 15.3. The average molecular weight is 298 g/mol. The summed E-state index contributed by atoms with van der Waals surface area (Å²) in [4.78, 5) is 11.8. The fourth-order valence-electron chi connectivity index (χ4n) is 7.40. The molecule has 0 radical (unpaired) electrons. The highest BCUT2D eigenvalue weighted by Gasteiger charge is 2.77. The molecule has 5 aliphatic rings. The van der Waals surface area contributed by atoms with Crippen molar-refractivity contribution in [3.63, 3.8) is 0 Å². The summed E-state index contributed by atoms with van der Waals surface area (Å²) in [6, 6.07) is 0. The lowest BCUT2D eigenvalue weighted by molar-refractivity contribution is -0.111. The quantitative estimate of drug-likeness (QED) is 0.741. The normalized spacial score (nSPS) is 58.3. The second kappa shape index (κ2) is 3.77. The maximum absolute atomic E-state index is 11.8. The van der Waals surface area contributed by atoms with Crippen LogP contribution in [0.1, 0.15) is 52.4 Å². The molecule has 0 aliphatic heterocycles. The Balaban J connectivity index is 1.58. The van der Waals surface area contributed by atoms with E-state index in [1.165, 1.54) is 24.8 Å². The fourth-order valence-corrected chi connectivity index (χ4v) is 7.40. The summed E-state index contributed by atoms with van der Waals surface area (Å²) in [6.45, 7) is 4.73. The summed E-state index contributed by atoms with van der Waals surface area (Å²) < 4.78 is 0. The minimum absolute atomic E-state index is 0.0829. The Morgan fingerprint density at radius 1 is 1.23 bits per heavy atom. The van der Waals surface area contributed by atoms with Crippen LogP contribution in [0.25, 0.3) is 0 Å². The Morgan fingerprint density at radius 2 is 2.05 bits per heavy atom. The summed E-state index contributed by atoms with van der Waals surface area (Å²) in [6.07, 6.45) is 12.9. The highest BCUT2D eigenvalue weighted by molar-refractivity contribution is 6.01. The van der Waals surface area contributed by atoms with Gasteiger partial charge in [-0.25, -0.2) is 0 Å². The van der Waals surface area contributed by atoms with Crippen LogP contribution < -0.4 is 0 Å². The highest BCUT2D eigenvalue weighted by atomic mass is 16.3. The van der Waals surface area contributed by atoms with Crippen molar-refractivity contribution in [1.29, 1.82) is 0 Å². The molecule has 0 aromatic carbocycles. The van der Waals surface area contributed by atoms with Crippen molar-refractivity contribution in [1.82, 2.24) is 0 Å². The van der Waals surface area contributed by atoms with Gasteiger partial charge in [-0.3, -0.25) is 4.79 Å². The molecule has 0 heterocycles. The first kappa shape index (κ1) is 13.5. The van der Waals surface area contributed by atoms with Gasteiger partial charge in [0.15, 0.2) is 5.78 Å². The van der Waals surface area contributed by atoms with Crippen LogP contribution in [0.15, 0.2) is 23.8 Å². The van der Waals surface area contributed by atoms with Crippen LogP contribution in [0.5, 0.6) is 0 Å². The smallest absolute Gasteiger partial charge is 0.178 e. The Kier molecular flexibility index (Phi) is 2.32. The van der Waals surface area contributed by atoms with Crippen LogP contribution in [0.4, 0.5) is 0 Å². The van der Waals surface area contributed by atoms with Gasteiger partial charge in [-0.05, 0) is 79.3 Å². The first-order chi connectivity index (χ1) is 10.4. The Labute approximate surface area is 132 Å². The molecule has 0 unspecified atom stereocenters. The number of fused-ring (bicyclic) bond motifs is 3. The lowest BCUT2D eigenvalue weighted by Crippen LogP contribution is -2.53.